The fourth-order valence-electron chi connectivity index (χ4n) is 2.45. The van der Waals surface area contributed by atoms with Crippen molar-refractivity contribution < 1.29 is 0 Å². The van der Waals surface area contributed by atoms with Gasteiger partial charge in [-0.2, -0.15) is 0 Å². The van der Waals surface area contributed by atoms with Gasteiger partial charge in [0.25, 0.3) is 5.56 Å². The molecule has 3 heterocycles. The van der Waals surface area contributed by atoms with Crippen LogP contribution in [0.15, 0.2) is 34.2 Å². The van der Waals surface area contributed by atoms with E-state index in [0.717, 1.165) is 23.2 Å². The lowest BCUT2D eigenvalue weighted by Crippen LogP contribution is -2.33. The van der Waals surface area contributed by atoms with Crippen LogP contribution in [0.5, 0.6) is 0 Å². The van der Waals surface area contributed by atoms with Gasteiger partial charge in [0.15, 0.2) is 5.65 Å². The molecule has 3 aromatic heterocycles. The average molecular weight is 314 g/mol. The molecule has 0 aliphatic carbocycles. The van der Waals surface area contributed by atoms with Crippen LogP contribution in [0.4, 0.5) is 5.82 Å². The zero-order valence-electron chi connectivity index (χ0n) is 13.0. The standard InChI is InChI=1S/C15H18N6O2/c1-3-9(4-2)19-11-6-5-10(7-16-11)21-14(22)12-13(18-8-17-12)20-15(21)23/h5-9H,3-4H2,1-2H3,(H,16,19)(H,17,18)(H,20,23). The van der Waals surface area contributed by atoms with Crippen LogP contribution in [-0.4, -0.2) is 30.5 Å². The third-order valence-corrected chi connectivity index (χ3v) is 3.83. The van der Waals surface area contributed by atoms with Gasteiger partial charge < -0.3 is 10.3 Å². The molecule has 0 aliphatic heterocycles. The third kappa shape index (κ3) is 2.75. The molecule has 0 saturated heterocycles. The Morgan fingerprint density at radius 3 is 2.65 bits per heavy atom. The fourth-order valence-corrected chi connectivity index (χ4v) is 2.45. The molecule has 3 rings (SSSR count). The molecule has 3 aromatic rings. The molecule has 0 unspecified atom stereocenters. The zero-order chi connectivity index (χ0) is 16.4. The normalized spacial score (nSPS) is 11.3. The number of rotatable bonds is 5. The molecule has 3 N–H and O–H groups in total. The molecule has 0 atom stereocenters. The first-order valence-electron chi connectivity index (χ1n) is 7.55. The molecule has 0 amide bonds. The molecule has 0 aromatic carbocycles. The maximum atomic E-state index is 12.4. The van der Waals surface area contributed by atoms with E-state index in [2.05, 4.69) is 39.1 Å². The minimum absolute atomic E-state index is 0.247. The molecular formula is C15H18N6O2. The Bertz CT molecular complexity index is 918. The van der Waals surface area contributed by atoms with Crippen molar-refractivity contribution >= 4 is 17.0 Å². The predicted molar refractivity (Wildman–Crippen MR) is 88.1 cm³/mol. The summed E-state index contributed by atoms with van der Waals surface area (Å²) in [7, 11) is 0. The highest BCUT2D eigenvalue weighted by atomic mass is 16.2. The Morgan fingerprint density at radius 2 is 2.00 bits per heavy atom. The van der Waals surface area contributed by atoms with E-state index < -0.39 is 11.2 Å². The van der Waals surface area contributed by atoms with Gasteiger partial charge in [-0.15, -0.1) is 0 Å². The van der Waals surface area contributed by atoms with E-state index in [1.165, 1.54) is 12.5 Å². The lowest BCUT2D eigenvalue weighted by atomic mass is 10.2. The summed E-state index contributed by atoms with van der Waals surface area (Å²) in [4.78, 5) is 38.0. The highest BCUT2D eigenvalue weighted by molar-refractivity contribution is 5.68. The number of imidazole rings is 1. The average Bonchev–Trinajstić information content (AvgIpc) is 3.02. The van der Waals surface area contributed by atoms with E-state index in [-0.39, 0.29) is 11.2 Å². The van der Waals surface area contributed by atoms with Crippen molar-refractivity contribution in [2.45, 2.75) is 32.7 Å². The summed E-state index contributed by atoms with van der Waals surface area (Å²) >= 11 is 0. The second-order valence-electron chi connectivity index (χ2n) is 5.26. The van der Waals surface area contributed by atoms with E-state index in [0.29, 0.717) is 11.7 Å². The molecule has 0 spiro atoms. The number of hydrogen-bond acceptors (Lipinski definition) is 5. The molecule has 8 nitrogen and oxygen atoms in total. The van der Waals surface area contributed by atoms with E-state index in [9.17, 15) is 9.59 Å². The van der Waals surface area contributed by atoms with Crippen LogP contribution in [0.25, 0.3) is 16.9 Å². The van der Waals surface area contributed by atoms with E-state index in [1.54, 1.807) is 12.1 Å². The highest BCUT2D eigenvalue weighted by Gasteiger charge is 2.12. The highest BCUT2D eigenvalue weighted by Crippen LogP contribution is 2.11. The number of H-pyrrole nitrogens is 2. The molecular weight excluding hydrogens is 296 g/mol. The Balaban J connectivity index is 2.00. The van der Waals surface area contributed by atoms with E-state index >= 15 is 0 Å². The van der Waals surface area contributed by atoms with Crippen LogP contribution in [0.3, 0.4) is 0 Å². The number of nitrogens with zero attached hydrogens (tertiary/aromatic N) is 3. The first-order valence-corrected chi connectivity index (χ1v) is 7.55. The smallest absolute Gasteiger partial charge is 0.334 e. The van der Waals surface area contributed by atoms with Crippen molar-refractivity contribution in [3.63, 3.8) is 0 Å². The summed E-state index contributed by atoms with van der Waals surface area (Å²) in [5.74, 6) is 0.717. The molecule has 0 bridgehead atoms. The van der Waals surface area contributed by atoms with Crippen molar-refractivity contribution in [2.24, 2.45) is 0 Å². The molecule has 0 aliphatic rings. The zero-order valence-corrected chi connectivity index (χ0v) is 13.0. The minimum atomic E-state index is -0.544. The van der Waals surface area contributed by atoms with Crippen LogP contribution in [0.1, 0.15) is 26.7 Å². The first-order chi connectivity index (χ1) is 11.1. The molecule has 0 fully saturated rings. The van der Waals surface area contributed by atoms with E-state index in [1.807, 2.05) is 0 Å². The maximum Gasteiger partial charge on any atom is 0.334 e. The van der Waals surface area contributed by atoms with Crippen LogP contribution < -0.4 is 16.6 Å². The second kappa shape index (κ2) is 6.07. The molecule has 0 radical (unpaired) electrons. The van der Waals surface area contributed by atoms with Gasteiger partial charge in [-0.1, -0.05) is 13.8 Å². The number of fused-ring (bicyclic) bond motifs is 1. The van der Waals surface area contributed by atoms with Crippen molar-refractivity contribution in [3.8, 4) is 5.69 Å². The van der Waals surface area contributed by atoms with Gasteiger partial charge in [-0.25, -0.2) is 19.3 Å². The van der Waals surface area contributed by atoms with Crippen LogP contribution >= 0.6 is 0 Å². The summed E-state index contributed by atoms with van der Waals surface area (Å²) in [5.41, 5.74) is -0.0937. The quantitative estimate of drug-likeness (QED) is 0.659. The Hall–Kier alpha value is -2.90. The molecule has 23 heavy (non-hydrogen) atoms. The number of aromatic amines is 2. The summed E-state index contributed by atoms with van der Waals surface area (Å²) in [6, 6.07) is 3.80. The van der Waals surface area contributed by atoms with Crippen LogP contribution in [0, 0.1) is 0 Å². The largest absolute Gasteiger partial charge is 0.367 e. The predicted octanol–water partition coefficient (Wildman–Crippen LogP) is 1.40. The number of anilines is 1. The van der Waals surface area contributed by atoms with Crippen molar-refractivity contribution in [3.05, 3.63) is 45.5 Å². The lowest BCUT2D eigenvalue weighted by Gasteiger charge is -2.15. The molecule has 8 heteroatoms. The Labute approximate surface area is 131 Å². The minimum Gasteiger partial charge on any atom is -0.367 e. The van der Waals surface area contributed by atoms with Crippen molar-refractivity contribution in [1.82, 2.24) is 24.5 Å². The molecule has 0 saturated carbocycles. The lowest BCUT2D eigenvalue weighted by molar-refractivity contribution is 0.668. The summed E-state index contributed by atoms with van der Waals surface area (Å²) in [6.07, 6.45) is 4.86. The number of nitrogens with one attached hydrogen (secondary N) is 3. The summed E-state index contributed by atoms with van der Waals surface area (Å²) in [5, 5.41) is 3.31. The summed E-state index contributed by atoms with van der Waals surface area (Å²) < 4.78 is 1.04. The van der Waals surface area contributed by atoms with Crippen LogP contribution in [0.2, 0.25) is 0 Å². The maximum absolute atomic E-state index is 12.4. The van der Waals surface area contributed by atoms with Gasteiger partial charge in [-0.05, 0) is 25.0 Å². The van der Waals surface area contributed by atoms with Crippen molar-refractivity contribution in [2.75, 3.05) is 5.32 Å². The van der Waals surface area contributed by atoms with Gasteiger partial charge >= 0.3 is 5.69 Å². The Morgan fingerprint density at radius 1 is 1.22 bits per heavy atom. The van der Waals surface area contributed by atoms with E-state index in [4.69, 9.17) is 0 Å². The first kappa shape index (κ1) is 15.0. The van der Waals surface area contributed by atoms with Crippen LogP contribution in [-0.2, 0) is 0 Å². The van der Waals surface area contributed by atoms with Gasteiger partial charge in [-0.3, -0.25) is 9.78 Å². The van der Waals surface area contributed by atoms with Gasteiger partial charge in [0.2, 0.25) is 0 Å². The van der Waals surface area contributed by atoms with Gasteiger partial charge in [0.05, 0.1) is 18.2 Å². The molecule has 120 valence electrons. The monoisotopic (exact) mass is 314 g/mol. The number of aromatic nitrogens is 5. The van der Waals surface area contributed by atoms with Gasteiger partial charge in [0, 0.05) is 6.04 Å². The number of pyridine rings is 1. The fraction of sp³-hybridized carbons (Fsp3) is 0.333. The Kier molecular flexibility index (Phi) is 3.96. The topological polar surface area (TPSA) is 108 Å². The van der Waals surface area contributed by atoms with Crippen molar-refractivity contribution in [1.29, 1.82) is 0 Å². The number of hydrogen-bond donors (Lipinski definition) is 3. The third-order valence-electron chi connectivity index (χ3n) is 3.83. The second-order valence-corrected chi connectivity index (χ2v) is 5.26. The van der Waals surface area contributed by atoms with Gasteiger partial charge in [0.1, 0.15) is 11.3 Å². The SMILES string of the molecule is CCC(CC)Nc1ccc(-n2c(=O)[nH]c3nc[nH]c3c2=O)cn1. The summed E-state index contributed by atoms with van der Waals surface area (Å²) in [6.45, 7) is 4.21.